The highest BCUT2D eigenvalue weighted by Crippen LogP contribution is 2.28. The molecule has 17 heavy (non-hydrogen) atoms. The van der Waals surface area contributed by atoms with Crippen LogP contribution in [0.3, 0.4) is 0 Å². The average Bonchev–Trinajstić information content (AvgIpc) is 2.36. The Labute approximate surface area is 105 Å². The van der Waals surface area contributed by atoms with E-state index in [2.05, 4.69) is 51.2 Å². The standard InChI is InChI=1S/C15H25NO/c1-5-12(3)14-9-7-8-10-15(14)17-11-13(4)16-6-2/h7-10,12-13,16H,5-6,11H2,1-4H3. The van der Waals surface area contributed by atoms with Crippen LogP contribution in [-0.4, -0.2) is 19.2 Å². The third-order valence-corrected chi connectivity index (χ3v) is 3.10. The molecule has 0 aliphatic carbocycles. The van der Waals surface area contributed by atoms with Crippen molar-refractivity contribution in [2.45, 2.75) is 46.1 Å². The van der Waals surface area contributed by atoms with E-state index >= 15 is 0 Å². The molecule has 0 fully saturated rings. The molecule has 1 N–H and O–H groups in total. The zero-order valence-electron chi connectivity index (χ0n) is 11.5. The van der Waals surface area contributed by atoms with E-state index in [0.717, 1.165) is 25.3 Å². The van der Waals surface area contributed by atoms with Crippen LogP contribution in [-0.2, 0) is 0 Å². The summed E-state index contributed by atoms with van der Waals surface area (Å²) < 4.78 is 5.91. The Morgan fingerprint density at radius 2 is 1.88 bits per heavy atom. The van der Waals surface area contributed by atoms with Crippen LogP contribution >= 0.6 is 0 Å². The summed E-state index contributed by atoms with van der Waals surface area (Å²) >= 11 is 0. The highest BCUT2D eigenvalue weighted by Gasteiger charge is 2.10. The van der Waals surface area contributed by atoms with Gasteiger partial charge in [0.15, 0.2) is 0 Å². The minimum Gasteiger partial charge on any atom is -0.492 e. The third kappa shape index (κ3) is 4.39. The van der Waals surface area contributed by atoms with Gasteiger partial charge in [0.05, 0.1) is 0 Å². The van der Waals surface area contributed by atoms with E-state index in [-0.39, 0.29) is 0 Å². The molecular weight excluding hydrogens is 210 g/mol. The first-order valence-electron chi connectivity index (χ1n) is 6.64. The first-order chi connectivity index (χ1) is 8.19. The van der Waals surface area contributed by atoms with Gasteiger partial charge in [0.2, 0.25) is 0 Å². The van der Waals surface area contributed by atoms with E-state index in [9.17, 15) is 0 Å². The molecule has 1 aromatic carbocycles. The number of nitrogens with one attached hydrogen (secondary N) is 1. The van der Waals surface area contributed by atoms with Crippen LogP contribution in [0.5, 0.6) is 5.75 Å². The van der Waals surface area contributed by atoms with Gasteiger partial charge in [-0.1, -0.05) is 39.0 Å². The predicted octanol–water partition coefficient (Wildman–Crippen LogP) is 3.58. The molecule has 0 amide bonds. The Bertz CT molecular complexity index is 324. The molecule has 0 aromatic heterocycles. The molecule has 0 bridgehead atoms. The Morgan fingerprint density at radius 1 is 1.18 bits per heavy atom. The van der Waals surface area contributed by atoms with Crippen LogP contribution in [0.25, 0.3) is 0 Å². The van der Waals surface area contributed by atoms with Crippen LogP contribution in [0.15, 0.2) is 24.3 Å². The monoisotopic (exact) mass is 235 g/mol. The summed E-state index contributed by atoms with van der Waals surface area (Å²) in [5.41, 5.74) is 1.32. The maximum absolute atomic E-state index is 5.91. The molecule has 0 saturated carbocycles. The summed E-state index contributed by atoms with van der Waals surface area (Å²) in [4.78, 5) is 0. The Kier molecular flexibility index (Phi) is 6.06. The molecule has 1 rings (SSSR count). The lowest BCUT2D eigenvalue weighted by Gasteiger charge is -2.18. The zero-order valence-corrected chi connectivity index (χ0v) is 11.5. The minimum absolute atomic E-state index is 0.394. The lowest BCUT2D eigenvalue weighted by Crippen LogP contribution is -2.31. The molecule has 2 unspecified atom stereocenters. The average molecular weight is 235 g/mol. The lowest BCUT2D eigenvalue weighted by atomic mass is 9.98. The van der Waals surface area contributed by atoms with Gasteiger partial charge >= 0.3 is 0 Å². The van der Waals surface area contributed by atoms with Gasteiger partial charge in [0.25, 0.3) is 0 Å². The second-order valence-electron chi connectivity index (χ2n) is 4.62. The van der Waals surface area contributed by atoms with E-state index in [1.807, 2.05) is 6.07 Å². The summed E-state index contributed by atoms with van der Waals surface area (Å²) in [6, 6.07) is 8.76. The predicted molar refractivity (Wildman–Crippen MR) is 73.8 cm³/mol. The fourth-order valence-electron chi connectivity index (χ4n) is 1.86. The fraction of sp³-hybridized carbons (Fsp3) is 0.600. The second-order valence-corrected chi connectivity index (χ2v) is 4.62. The van der Waals surface area contributed by atoms with E-state index in [1.165, 1.54) is 5.56 Å². The van der Waals surface area contributed by atoms with Gasteiger partial charge in [-0.05, 0) is 37.4 Å². The first kappa shape index (κ1) is 14.0. The maximum atomic E-state index is 5.91. The topological polar surface area (TPSA) is 21.3 Å². The molecule has 0 radical (unpaired) electrons. The van der Waals surface area contributed by atoms with E-state index < -0.39 is 0 Å². The number of ether oxygens (including phenoxy) is 1. The minimum atomic E-state index is 0.394. The molecule has 0 heterocycles. The van der Waals surface area contributed by atoms with Crippen molar-refractivity contribution >= 4 is 0 Å². The van der Waals surface area contributed by atoms with E-state index in [1.54, 1.807) is 0 Å². The van der Waals surface area contributed by atoms with Crippen molar-refractivity contribution in [3.8, 4) is 5.75 Å². The van der Waals surface area contributed by atoms with Gasteiger partial charge < -0.3 is 10.1 Å². The lowest BCUT2D eigenvalue weighted by molar-refractivity contribution is 0.271. The van der Waals surface area contributed by atoms with Crippen LogP contribution < -0.4 is 10.1 Å². The zero-order chi connectivity index (χ0) is 12.7. The number of hydrogen-bond acceptors (Lipinski definition) is 2. The van der Waals surface area contributed by atoms with Gasteiger partial charge in [-0.15, -0.1) is 0 Å². The quantitative estimate of drug-likeness (QED) is 0.780. The molecule has 2 atom stereocenters. The smallest absolute Gasteiger partial charge is 0.122 e. The number of likely N-dealkylation sites (N-methyl/N-ethyl adjacent to an activating group) is 1. The van der Waals surface area contributed by atoms with Crippen molar-refractivity contribution in [2.75, 3.05) is 13.2 Å². The SMILES string of the molecule is CCNC(C)COc1ccccc1C(C)CC. The van der Waals surface area contributed by atoms with Crippen LogP contribution in [0.4, 0.5) is 0 Å². The summed E-state index contributed by atoms with van der Waals surface area (Å²) in [6.07, 6.45) is 1.14. The van der Waals surface area contributed by atoms with Crippen molar-refractivity contribution in [3.63, 3.8) is 0 Å². The highest BCUT2D eigenvalue weighted by molar-refractivity contribution is 5.35. The Balaban J connectivity index is 2.63. The van der Waals surface area contributed by atoms with Gasteiger partial charge in [-0.25, -0.2) is 0 Å². The van der Waals surface area contributed by atoms with Crippen molar-refractivity contribution in [1.82, 2.24) is 5.32 Å². The van der Waals surface area contributed by atoms with Gasteiger partial charge in [-0.3, -0.25) is 0 Å². The second kappa shape index (κ2) is 7.33. The summed E-state index contributed by atoms with van der Waals surface area (Å²) in [6.45, 7) is 10.4. The van der Waals surface area contributed by atoms with E-state index in [4.69, 9.17) is 4.74 Å². The maximum Gasteiger partial charge on any atom is 0.122 e. The number of rotatable bonds is 7. The van der Waals surface area contributed by atoms with Gasteiger partial charge in [-0.2, -0.15) is 0 Å². The van der Waals surface area contributed by atoms with Gasteiger partial charge in [0.1, 0.15) is 12.4 Å². The molecule has 0 aliphatic rings. The van der Waals surface area contributed by atoms with Crippen molar-refractivity contribution in [2.24, 2.45) is 0 Å². The molecule has 0 aliphatic heterocycles. The molecule has 2 heteroatoms. The number of benzene rings is 1. The summed E-state index contributed by atoms with van der Waals surface area (Å²) in [5.74, 6) is 1.59. The van der Waals surface area contributed by atoms with Crippen LogP contribution in [0.2, 0.25) is 0 Å². The van der Waals surface area contributed by atoms with E-state index in [0.29, 0.717) is 12.0 Å². The normalized spacial score (nSPS) is 14.4. The van der Waals surface area contributed by atoms with Crippen molar-refractivity contribution in [1.29, 1.82) is 0 Å². The Morgan fingerprint density at radius 3 is 2.53 bits per heavy atom. The molecule has 0 spiro atoms. The largest absolute Gasteiger partial charge is 0.492 e. The third-order valence-electron chi connectivity index (χ3n) is 3.10. The first-order valence-corrected chi connectivity index (χ1v) is 6.64. The molecule has 2 nitrogen and oxygen atoms in total. The molecule has 0 saturated heterocycles. The molecule has 96 valence electrons. The van der Waals surface area contributed by atoms with Crippen molar-refractivity contribution < 1.29 is 4.74 Å². The summed E-state index contributed by atoms with van der Waals surface area (Å²) in [7, 11) is 0. The van der Waals surface area contributed by atoms with Crippen LogP contribution in [0, 0.1) is 0 Å². The van der Waals surface area contributed by atoms with Gasteiger partial charge in [0, 0.05) is 6.04 Å². The fourth-order valence-corrected chi connectivity index (χ4v) is 1.86. The number of para-hydroxylation sites is 1. The van der Waals surface area contributed by atoms with Crippen LogP contribution in [0.1, 0.15) is 45.6 Å². The molecular formula is C15H25NO. The molecule has 1 aromatic rings. The number of hydrogen-bond donors (Lipinski definition) is 1. The Hall–Kier alpha value is -1.02. The highest BCUT2D eigenvalue weighted by atomic mass is 16.5. The van der Waals surface area contributed by atoms with Crippen molar-refractivity contribution in [3.05, 3.63) is 29.8 Å². The summed E-state index contributed by atoms with van der Waals surface area (Å²) in [5, 5.41) is 3.35.